The van der Waals surface area contributed by atoms with Crippen molar-refractivity contribution in [1.82, 2.24) is 4.98 Å². The van der Waals surface area contributed by atoms with Gasteiger partial charge in [0.15, 0.2) is 0 Å². The number of hydrogen-bond donors (Lipinski definition) is 1. The van der Waals surface area contributed by atoms with Gasteiger partial charge in [-0.1, -0.05) is 35.9 Å². The highest BCUT2D eigenvalue weighted by atomic mass is 32.2. The highest BCUT2D eigenvalue weighted by molar-refractivity contribution is 7.86. The van der Waals surface area contributed by atoms with E-state index < -0.39 is 22.8 Å². The van der Waals surface area contributed by atoms with Crippen LogP contribution in [0.5, 0.6) is 5.75 Å². The first-order valence-corrected chi connectivity index (χ1v) is 13.7. The van der Waals surface area contributed by atoms with Crippen molar-refractivity contribution in [2.75, 3.05) is 31.2 Å². The zero-order chi connectivity index (χ0) is 26.4. The van der Waals surface area contributed by atoms with Crippen molar-refractivity contribution in [3.8, 4) is 17.0 Å². The lowest BCUT2D eigenvalue weighted by atomic mass is 10.1. The van der Waals surface area contributed by atoms with Gasteiger partial charge >= 0.3 is 0 Å². The Morgan fingerprint density at radius 3 is 2.24 bits per heavy atom. The van der Waals surface area contributed by atoms with Crippen LogP contribution in [0, 0.1) is 6.92 Å². The van der Waals surface area contributed by atoms with Gasteiger partial charge in [0.05, 0.1) is 22.7 Å². The van der Waals surface area contributed by atoms with E-state index in [4.69, 9.17) is 13.9 Å². The summed E-state index contributed by atoms with van der Waals surface area (Å²) in [4.78, 5) is 7.13. The molecule has 0 amide bonds. The molecular weight excluding hydrogens is 488 g/mol. The van der Waals surface area contributed by atoms with Crippen LogP contribution in [0.2, 0.25) is 0 Å². The Labute approximate surface area is 218 Å². The highest BCUT2D eigenvalue weighted by Crippen LogP contribution is 2.26. The van der Waals surface area contributed by atoms with Crippen LogP contribution in [0.15, 0.2) is 83.8 Å². The fraction of sp³-hybridized carbons (Fsp3) is 0.276. The highest BCUT2D eigenvalue weighted by Gasteiger charge is 2.18. The number of ether oxygens (including phenoxy) is 1. The van der Waals surface area contributed by atoms with Crippen molar-refractivity contribution >= 4 is 26.7 Å². The van der Waals surface area contributed by atoms with E-state index in [9.17, 15) is 13.5 Å². The fourth-order valence-electron chi connectivity index (χ4n) is 3.96. The average molecular weight is 521 g/mol. The topological polar surface area (TPSA) is 89.0 Å². The van der Waals surface area contributed by atoms with Crippen molar-refractivity contribution in [2.45, 2.75) is 31.8 Å². The molecule has 1 unspecified atom stereocenters. The van der Waals surface area contributed by atoms with Gasteiger partial charge in [0.1, 0.15) is 18.5 Å². The smallest absolute Gasteiger partial charge is 0.297 e. The summed E-state index contributed by atoms with van der Waals surface area (Å²) < 4.78 is 35.3. The lowest BCUT2D eigenvalue weighted by molar-refractivity contribution is 0.0649. The summed E-state index contributed by atoms with van der Waals surface area (Å²) in [5, 5.41) is 11.2. The van der Waals surface area contributed by atoms with Crippen LogP contribution in [0.25, 0.3) is 22.2 Å². The molecule has 0 spiro atoms. The van der Waals surface area contributed by atoms with Gasteiger partial charge in [0.2, 0.25) is 0 Å². The van der Waals surface area contributed by atoms with Crippen LogP contribution >= 0.6 is 0 Å². The summed E-state index contributed by atoms with van der Waals surface area (Å²) in [7, 11) is -3.95. The molecule has 0 aliphatic carbocycles. The Kier molecular flexibility index (Phi) is 8.43. The van der Waals surface area contributed by atoms with Crippen LogP contribution in [0.1, 0.15) is 19.4 Å². The van der Waals surface area contributed by atoms with Crippen molar-refractivity contribution in [1.29, 1.82) is 0 Å². The molecule has 3 aromatic carbocycles. The number of hydrogen-bond acceptors (Lipinski definition) is 7. The van der Waals surface area contributed by atoms with Gasteiger partial charge in [-0.05, 0) is 63.2 Å². The maximum absolute atomic E-state index is 12.3. The van der Waals surface area contributed by atoms with Crippen LogP contribution in [-0.4, -0.2) is 50.9 Å². The molecule has 7 nitrogen and oxygen atoms in total. The summed E-state index contributed by atoms with van der Waals surface area (Å²) in [6, 6.07) is 24.2. The summed E-state index contributed by atoms with van der Waals surface area (Å²) in [5.74, 6) is 0.523. The van der Waals surface area contributed by atoms with E-state index in [0.29, 0.717) is 5.75 Å². The lowest BCUT2D eigenvalue weighted by Crippen LogP contribution is -2.25. The largest absolute Gasteiger partial charge is 0.491 e. The van der Waals surface area contributed by atoms with Gasteiger partial charge in [0, 0.05) is 35.8 Å². The quantitative estimate of drug-likeness (QED) is 0.272. The normalized spacial score (nSPS) is 12.4. The zero-order valence-electron chi connectivity index (χ0n) is 21.3. The molecule has 1 N–H and O–H groups in total. The predicted octanol–water partition coefficient (Wildman–Crippen LogP) is 5.20. The van der Waals surface area contributed by atoms with Gasteiger partial charge < -0.3 is 14.7 Å². The Bertz CT molecular complexity index is 1430. The molecule has 4 aromatic rings. The average Bonchev–Trinajstić information content (AvgIpc) is 2.91. The molecule has 8 heteroatoms. The van der Waals surface area contributed by atoms with Gasteiger partial charge in [-0.3, -0.25) is 4.18 Å². The maximum atomic E-state index is 12.3. The molecule has 1 atom stereocenters. The lowest BCUT2D eigenvalue weighted by Gasteiger charge is -2.21. The second-order valence-corrected chi connectivity index (χ2v) is 10.4. The number of benzene rings is 3. The Hall–Kier alpha value is -3.46. The molecule has 0 saturated carbocycles. The fourth-order valence-corrected chi connectivity index (χ4v) is 4.90. The van der Waals surface area contributed by atoms with E-state index in [1.165, 1.54) is 17.8 Å². The molecule has 0 radical (unpaired) electrons. The minimum Gasteiger partial charge on any atom is -0.491 e. The number of aliphatic hydroxyl groups is 1. The third kappa shape index (κ3) is 6.65. The number of rotatable bonds is 11. The van der Waals surface area contributed by atoms with Gasteiger partial charge in [-0.2, -0.15) is 8.42 Å². The first-order chi connectivity index (χ1) is 17.8. The van der Waals surface area contributed by atoms with Crippen molar-refractivity contribution in [3.63, 3.8) is 0 Å². The van der Waals surface area contributed by atoms with Gasteiger partial charge in [-0.15, -0.1) is 0 Å². The molecule has 1 aromatic heterocycles. The molecule has 1 heterocycles. The number of aryl methyl sites for hydroxylation is 1. The molecule has 0 aliphatic rings. The van der Waals surface area contributed by atoms with Gasteiger partial charge in [0.25, 0.3) is 10.1 Å². The molecule has 0 saturated heterocycles. The van der Waals surface area contributed by atoms with E-state index in [-0.39, 0.29) is 11.5 Å². The molecule has 194 valence electrons. The number of fused-ring (bicyclic) bond motifs is 1. The first-order valence-electron chi connectivity index (χ1n) is 12.3. The second kappa shape index (κ2) is 11.7. The van der Waals surface area contributed by atoms with Gasteiger partial charge in [-0.25, -0.2) is 4.98 Å². The number of aliphatic hydroxyl groups excluding tert-OH is 1. The monoisotopic (exact) mass is 520 g/mol. The SMILES string of the molecule is CCN(CC)c1ccc(-c2ccc3ccc(OCC(O)COS(=O)(=O)c4ccc(C)cc4)cc3n2)cc1. The van der Waals surface area contributed by atoms with E-state index >= 15 is 0 Å². The standard InChI is InChI=1S/C29H32N2O5S/c1-4-31(5-2)24-12-8-22(9-13-24)28-17-11-23-10-14-26(18-29(23)30-28)35-19-25(32)20-36-37(33,34)27-15-6-21(3)7-16-27/h6-18,25,32H,4-5,19-20H2,1-3H3. The molecule has 0 bridgehead atoms. The minimum absolute atomic E-state index is 0.0466. The van der Waals surface area contributed by atoms with Crippen LogP contribution in [0.4, 0.5) is 5.69 Å². The number of aromatic nitrogens is 1. The molecular formula is C29H32N2O5S. The van der Waals surface area contributed by atoms with Crippen molar-refractivity contribution in [3.05, 3.63) is 84.4 Å². The first kappa shape index (κ1) is 26.6. The number of anilines is 1. The number of pyridine rings is 1. The zero-order valence-corrected chi connectivity index (χ0v) is 22.1. The van der Waals surface area contributed by atoms with Crippen molar-refractivity contribution < 1.29 is 22.4 Å². The summed E-state index contributed by atoms with van der Waals surface area (Å²) in [6.45, 7) is 7.53. The minimum atomic E-state index is -3.95. The molecule has 0 aliphatic heterocycles. The second-order valence-electron chi connectivity index (χ2n) is 8.79. The Balaban J connectivity index is 1.39. The maximum Gasteiger partial charge on any atom is 0.297 e. The van der Waals surface area contributed by atoms with E-state index in [2.05, 4.69) is 43.0 Å². The van der Waals surface area contributed by atoms with E-state index in [0.717, 1.165) is 40.8 Å². The van der Waals surface area contributed by atoms with E-state index in [1.807, 2.05) is 25.1 Å². The molecule has 37 heavy (non-hydrogen) atoms. The molecule has 4 rings (SSSR count). The van der Waals surface area contributed by atoms with Crippen LogP contribution < -0.4 is 9.64 Å². The summed E-state index contributed by atoms with van der Waals surface area (Å²) in [6.07, 6.45) is -1.13. The predicted molar refractivity (Wildman–Crippen MR) is 147 cm³/mol. The molecule has 0 fully saturated rings. The third-order valence-corrected chi connectivity index (χ3v) is 7.42. The summed E-state index contributed by atoms with van der Waals surface area (Å²) in [5.41, 5.74) is 4.75. The Morgan fingerprint density at radius 2 is 1.57 bits per heavy atom. The summed E-state index contributed by atoms with van der Waals surface area (Å²) >= 11 is 0. The third-order valence-electron chi connectivity index (χ3n) is 6.12. The van der Waals surface area contributed by atoms with Crippen LogP contribution in [-0.2, 0) is 14.3 Å². The Morgan fingerprint density at radius 1 is 0.892 bits per heavy atom. The van der Waals surface area contributed by atoms with E-state index in [1.54, 1.807) is 24.3 Å². The van der Waals surface area contributed by atoms with Crippen LogP contribution in [0.3, 0.4) is 0 Å². The number of nitrogens with zero attached hydrogens (tertiary/aromatic N) is 2. The van der Waals surface area contributed by atoms with Crippen molar-refractivity contribution in [2.24, 2.45) is 0 Å².